The number of carbonyl (C=O) groups is 1. The van der Waals surface area contributed by atoms with E-state index in [9.17, 15) is 4.79 Å². The lowest BCUT2D eigenvalue weighted by atomic mass is 10.1. The van der Waals surface area contributed by atoms with Crippen LogP contribution in [0.1, 0.15) is 23.7 Å². The van der Waals surface area contributed by atoms with Crippen molar-refractivity contribution in [2.45, 2.75) is 19.4 Å². The SMILES string of the molecule is CC(O)CCNC(=O)c1cc(Cl)cc2cccnc12. The van der Waals surface area contributed by atoms with Crippen molar-refractivity contribution in [3.05, 3.63) is 41.0 Å². The maximum Gasteiger partial charge on any atom is 0.253 e. The maximum atomic E-state index is 12.1. The first-order valence-electron chi connectivity index (χ1n) is 6.08. The third-order valence-corrected chi connectivity index (χ3v) is 2.98. The molecule has 1 heterocycles. The van der Waals surface area contributed by atoms with Crippen molar-refractivity contribution < 1.29 is 9.90 Å². The number of benzene rings is 1. The predicted octanol–water partition coefficient (Wildman–Crippen LogP) is 2.39. The molecule has 5 heteroatoms. The third-order valence-electron chi connectivity index (χ3n) is 2.76. The first kappa shape index (κ1) is 13.8. The number of aliphatic hydroxyl groups is 1. The van der Waals surface area contributed by atoms with E-state index in [1.54, 1.807) is 31.3 Å². The van der Waals surface area contributed by atoms with Crippen LogP contribution in [0.15, 0.2) is 30.5 Å². The van der Waals surface area contributed by atoms with Crippen LogP contribution in [-0.2, 0) is 0 Å². The predicted molar refractivity (Wildman–Crippen MR) is 75.4 cm³/mol. The highest BCUT2D eigenvalue weighted by atomic mass is 35.5. The van der Waals surface area contributed by atoms with Crippen LogP contribution < -0.4 is 5.32 Å². The third kappa shape index (κ3) is 3.43. The number of hydrogen-bond acceptors (Lipinski definition) is 3. The molecule has 1 amide bonds. The van der Waals surface area contributed by atoms with Gasteiger partial charge in [0.05, 0.1) is 17.2 Å². The molecule has 0 fully saturated rings. The van der Waals surface area contributed by atoms with E-state index < -0.39 is 6.10 Å². The van der Waals surface area contributed by atoms with Crippen LogP contribution in [0.2, 0.25) is 5.02 Å². The molecule has 2 rings (SSSR count). The fourth-order valence-corrected chi connectivity index (χ4v) is 2.05. The van der Waals surface area contributed by atoms with E-state index in [1.165, 1.54) is 0 Å². The van der Waals surface area contributed by atoms with E-state index in [2.05, 4.69) is 10.3 Å². The number of rotatable bonds is 4. The summed E-state index contributed by atoms with van der Waals surface area (Å²) in [6.07, 6.45) is 1.72. The molecule has 19 heavy (non-hydrogen) atoms. The van der Waals surface area contributed by atoms with Gasteiger partial charge in [-0.2, -0.15) is 0 Å². The number of carbonyl (C=O) groups excluding carboxylic acids is 1. The fraction of sp³-hybridized carbons (Fsp3) is 0.286. The lowest BCUT2D eigenvalue weighted by Gasteiger charge is -2.09. The van der Waals surface area contributed by atoms with Gasteiger partial charge in [-0.1, -0.05) is 17.7 Å². The van der Waals surface area contributed by atoms with Gasteiger partial charge >= 0.3 is 0 Å². The van der Waals surface area contributed by atoms with Gasteiger partial charge in [0.25, 0.3) is 5.91 Å². The smallest absolute Gasteiger partial charge is 0.253 e. The van der Waals surface area contributed by atoms with Crippen LogP contribution in [0.25, 0.3) is 10.9 Å². The molecule has 0 bridgehead atoms. The van der Waals surface area contributed by atoms with Crippen molar-refractivity contribution in [3.8, 4) is 0 Å². The minimum atomic E-state index is -0.436. The van der Waals surface area contributed by atoms with E-state index in [0.29, 0.717) is 29.1 Å². The zero-order valence-electron chi connectivity index (χ0n) is 10.6. The Labute approximate surface area is 116 Å². The molecule has 0 saturated heterocycles. The summed E-state index contributed by atoms with van der Waals surface area (Å²) in [5.74, 6) is -0.230. The van der Waals surface area contributed by atoms with Crippen LogP contribution in [0.5, 0.6) is 0 Å². The first-order valence-corrected chi connectivity index (χ1v) is 6.46. The van der Waals surface area contributed by atoms with Gasteiger partial charge in [-0.05, 0) is 31.5 Å². The summed E-state index contributed by atoms with van der Waals surface area (Å²) in [6.45, 7) is 2.10. The molecular weight excluding hydrogens is 264 g/mol. The number of aliphatic hydroxyl groups excluding tert-OH is 1. The zero-order chi connectivity index (χ0) is 13.8. The van der Waals surface area contributed by atoms with Crippen LogP contribution in [0.4, 0.5) is 0 Å². The number of pyridine rings is 1. The molecule has 0 radical (unpaired) electrons. The molecule has 0 saturated carbocycles. The molecule has 1 aromatic carbocycles. The topological polar surface area (TPSA) is 62.2 Å². The number of nitrogens with one attached hydrogen (secondary N) is 1. The molecule has 1 unspecified atom stereocenters. The number of aromatic nitrogens is 1. The van der Waals surface area contributed by atoms with Crippen LogP contribution in [-0.4, -0.2) is 28.6 Å². The lowest BCUT2D eigenvalue weighted by molar-refractivity contribution is 0.0947. The summed E-state index contributed by atoms with van der Waals surface area (Å²) in [5, 5.41) is 13.2. The second kappa shape index (κ2) is 5.99. The van der Waals surface area contributed by atoms with Crippen molar-refractivity contribution in [3.63, 3.8) is 0 Å². The Bertz CT molecular complexity index is 599. The van der Waals surface area contributed by atoms with Gasteiger partial charge in [-0.25, -0.2) is 0 Å². The number of nitrogens with zero attached hydrogens (tertiary/aromatic N) is 1. The summed E-state index contributed by atoms with van der Waals surface area (Å²) >= 11 is 6.00. The highest BCUT2D eigenvalue weighted by molar-refractivity contribution is 6.32. The normalized spacial score (nSPS) is 12.4. The average Bonchev–Trinajstić information content (AvgIpc) is 2.37. The number of halogens is 1. The Kier molecular flexibility index (Phi) is 4.35. The Balaban J connectivity index is 2.26. The zero-order valence-corrected chi connectivity index (χ0v) is 11.3. The lowest BCUT2D eigenvalue weighted by Crippen LogP contribution is -2.26. The van der Waals surface area contributed by atoms with E-state index in [0.717, 1.165) is 5.39 Å². The molecule has 100 valence electrons. The molecule has 2 N–H and O–H groups in total. The summed E-state index contributed by atoms with van der Waals surface area (Å²) in [4.78, 5) is 16.3. The number of amides is 1. The van der Waals surface area contributed by atoms with E-state index in [1.807, 2.05) is 6.07 Å². The first-order chi connectivity index (χ1) is 9.08. The standard InChI is InChI=1S/C14H15ClN2O2/c1-9(18)4-6-17-14(19)12-8-11(15)7-10-3-2-5-16-13(10)12/h2-3,5,7-9,18H,4,6H2,1H3,(H,17,19). The highest BCUT2D eigenvalue weighted by Gasteiger charge is 2.12. The molecule has 1 atom stereocenters. The van der Waals surface area contributed by atoms with Crippen LogP contribution in [0, 0.1) is 0 Å². The quantitative estimate of drug-likeness (QED) is 0.903. The highest BCUT2D eigenvalue weighted by Crippen LogP contribution is 2.22. The van der Waals surface area contributed by atoms with E-state index in [-0.39, 0.29) is 5.91 Å². The number of fused-ring (bicyclic) bond motifs is 1. The Morgan fingerprint density at radius 3 is 3.05 bits per heavy atom. The second-order valence-electron chi connectivity index (χ2n) is 4.42. The van der Waals surface area contributed by atoms with Gasteiger partial charge < -0.3 is 10.4 Å². The molecular formula is C14H15ClN2O2. The van der Waals surface area contributed by atoms with Gasteiger partial charge in [0.1, 0.15) is 0 Å². The maximum absolute atomic E-state index is 12.1. The molecule has 0 spiro atoms. The van der Waals surface area contributed by atoms with Crippen molar-refractivity contribution >= 4 is 28.4 Å². The fourth-order valence-electron chi connectivity index (χ4n) is 1.82. The second-order valence-corrected chi connectivity index (χ2v) is 4.86. The van der Waals surface area contributed by atoms with Gasteiger partial charge in [0, 0.05) is 23.2 Å². The summed E-state index contributed by atoms with van der Waals surface area (Å²) in [6, 6.07) is 7.04. The van der Waals surface area contributed by atoms with Gasteiger partial charge in [-0.15, -0.1) is 0 Å². The molecule has 4 nitrogen and oxygen atoms in total. The van der Waals surface area contributed by atoms with Gasteiger partial charge in [-0.3, -0.25) is 9.78 Å². The molecule has 0 aliphatic heterocycles. The van der Waals surface area contributed by atoms with Gasteiger partial charge in [0.15, 0.2) is 0 Å². The van der Waals surface area contributed by atoms with Crippen LogP contribution >= 0.6 is 11.6 Å². The van der Waals surface area contributed by atoms with Crippen molar-refractivity contribution in [1.29, 1.82) is 0 Å². The van der Waals surface area contributed by atoms with Crippen molar-refractivity contribution in [2.75, 3.05) is 6.54 Å². The van der Waals surface area contributed by atoms with Crippen molar-refractivity contribution in [2.24, 2.45) is 0 Å². The van der Waals surface area contributed by atoms with E-state index >= 15 is 0 Å². The largest absolute Gasteiger partial charge is 0.393 e. The molecule has 0 aliphatic rings. The summed E-state index contributed by atoms with van der Waals surface area (Å²) in [7, 11) is 0. The van der Waals surface area contributed by atoms with Gasteiger partial charge in [0.2, 0.25) is 0 Å². The van der Waals surface area contributed by atoms with Crippen molar-refractivity contribution in [1.82, 2.24) is 10.3 Å². The number of hydrogen-bond donors (Lipinski definition) is 2. The Morgan fingerprint density at radius 1 is 1.53 bits per heavy atom. The molecule has 0 aliphatic carbocycles. The molecule has 1 aromatic heterocycles. The summed E-state index contributed by atoms with van der Waals surface area (Å²) in [5.41, 5.74) is 1.08. The summed E-state index contributed by atoms with van der Waals surface area (Å²) < 4.78 is 0. The minimum absolute atomic E-state index is 0.230. The molecule has 2 aromatic rings. The average molecular weight is 279 g/mol. The minimum Gasteiger partial charge on any atom is -0.393 e. The Hall–Kier alpha value is -1.65. The Morgan fingerprint density at radius 2 is 2.32 bits per heavy atom. The monoisotopic (exact) mass is 278 g/mol. The van der Waals surface area contributed by atoms with Crippen LogP contribution in [0.3, 0.4) is 0 Å². The van der Waals surface area contributed by atoms with E-state index in [4.69, 9.17) is 16.7 Å².